The lowest BCUT2D eigenvalue weighted by Gasteiger charge is -2.15. The number of halogens is 2. The maximum Gasteiger partial charge on any atom is 0.173 e. The summed E-state index contributed by atoms with van der Waals surface area (Å²) in [5, 5.41) is 3.79. The number of nitrogens with one attached hydrogen (secondary N) is 1. The molecule has 0 radical (unpaired) electrons. The van der Waals surface area contributed by atoms with Crippen LogP contribution in [0, 0.1) is 11.6 Å². The molecule has 0 aliphatic carbocycles. The molecule has 1 aliphatic heterocycles. The Bertz CT molecular complexity index is 962. The van der Waals surface area contributed by atoms with Gasteiger partial charge in [0, 0.05) is 42.4 Å². The Morgan fingerprint density at radius 2 is 1.96 bits per heavy atom. The van der Waals surface area contributed by atoms with Crippen molar-refractivity contribution in [1.29, 1.82) is 0 Å². The zero-order chi connectivity index (χ0) is 15.8. The first-order valence-electron chi connectivity index (χ1n) is 6.90. The highest BCUT2D eigenvalue weighted by atomic mass is 19.2. The van der Waals surface area contributed by atoms with Gasteiger partial charge in [-0.3, -0.25) is 4.98 Å². The van der Waals surface area contributed by atoms with Crippen LogP contribution in [0.25, 0.3) is 22.5 Å². The average molecular weight is 312 g/mol. The quantitative estimate of drug-likeness (QED) is 0.787. The number of hydrogen-bond donors (Lipinski definition) is 1. The van der Waals surface area contributed by atoms with Crippen molar-refractivity contribution in [2.24, 2.45) is 5.16 Å². The molecule has 114 valence electrons. The monoisotopic (exact) mass is 312 g/mol. The van der Waals surface area contributed by atoms with Gasteiger partial charge in [0.1, 0.15) is 5.52 Å². The van der Waals surface area contributed by atoms with Gasteiger partial charge in [-0.25, -0.2) is 13.8 Å². The summed E-state index contributed by atoms with van der Waals surface area (Å²) in [6, 6.07) is 4.05. The molecule has 0 atom stereocenters. The van der Waals surface area contributed by atoms with Crippen molar-refractivity contribution >= 4 is 28.7 Å². The van der Waals surface area contributed by atoms with Crippen molar-refractivity contribution in [2.45, 2.75) is 6.42 Å². The maximum atomic E-state index is 14.2. The highest BCUT2D eigenvalue weighted by Gasteiger charge is 2.23. The molecule has 4 rings (SSSR count). The van der Waals surface area contributed by atoms with Crippen LogP contribution >= 0.6 is 0 Å². The first-order valence-corrected chi connectivity index (χ1v) is 6.90. The van der Waals surface area contributed by atoms with Crippen LogP contribution in [-0.2, 0) is 4.84 Å². The Kier molecular flexibility index (Phi) is 3.11. The number of hydrogen-bond acceptors (Lipinski definition) is 4. The summed E-state index contributed by atoms with van der Waals surface area (Å²) >= 11 is 0. The minimum atomic E-state index is -0.912. The van der Waals surface area contributed by atoms with Crippen LogP contribution in [0.2, 0.25) is 0 Å². The van der Waals surface area contributed by atoms with Crippen LogP contribution in [0.1, 0.15) is 17.5 Å². The summed E-state index contributed by atoms with van der Waals surface area (Å²) < 4.78 is 27.7. The maximum absolute atomic E-state index is 14.2. The van der Waals surface area contributed by atoms with Crippen LogP contribution in [0.3, 0.4) is 0 Å². The number of H-pyrrole nitrogens is 1. The van der Waals surface area contributed by atoms with Crippen molar-refractivity contribution in [3.05, 3.63) is 59.6 Å². The Balaban J connectivity index is 1.96. The van der Waals surface area contributed by atoms with Crippen molar-refractivity contribution in [3.63, 3.8) is 0 Å². The van der Waals surface area contributed by atoms with E-state index < -0.39 is 11.6 Å². The van der Waals surface area contributed by atoms with Gasteiger partial charge in [0.05, 0.1) is 5.56 Å². The van der Waals surface area contributed by atoms with E-state index in [1.54, 1.807) is 18.6 Å². The van der Waals surface area contributed by atoms with Crippen molar-refractivity contribution in [2.75, 3.05) is 0 Å². The predicted molar refractivity (Wildman–Crippen MR) is 81.3 cm³/mol. The minimum absolute atomic E-state index is 0.143. The van der Waals surface area contributed by atoms with Gasteiger partial charge in [-0.2, -0.15) is 0 Å². The third kappa shape index (κ3) is 2.17. The zero-order valence-electron chi connectivity index (χ0n) is 11.8. The van der Waals surface area contributed by atoms with Crippen LogP contribution in [0.5, 0.6) is 0 Å². The first-order chi connectivity index (χ1) is 11.3. The molecule has 7 heteroatoms. The van der Waals surface area contributed by atoms with Gasteiger partial charge in [0.15, 0.2) is 23.0 Å². The van der Waals surface area contributed by atoms with Gasteiger partial charge in [0.25, 0.3) is 0 Å². The van der Waals surface area contributed by atoms with Crippen LogP contribution in [0.4, 0.5) is 8.78 Å². The molecule has 0 amide bonds. The molecule has 5 nitrogen and oxygen atoms in total. The van der Waals surface area contributed by atoms with E-state index in [4.69, 9.17) is 4.84 Å². The SMILES string of the molecule is Fc1cccc(C2=C(c3c[nH]c4nccnc34)ON=CC2)c1F. The average Bonchev–Trinajstić information content (AvgIpc) is 3.01. The van der Waals surface area contributed by atoms with Crippen molar-refractivity contribution in [3.8, 4) is 0 Å². The molecule has 0 unspecified atom stereocenters. The lowest BCUT2D eigenvalue weighted by Crippen LogP contribution is -2.03. The molecular formula is C16H10F2N4O. The molecular weight excluding hydrogens is 302 g/mol. The predicted octanol–water partition coefficient (Wildman–Crippen LogP) is 3.51. The van der Waals surface area contributed by atoms with E-state index >= 15 is 0 Å². The number of rotatable bonds is 2. The summed E-state index contributed by atoms with van der Waals surface area (Å²) in [5.41, 5.74) is 2.40. The third-order valence-electron chi connectivity index (χ3n) is 3.62. The highest BCUT2D eigenvalue weighted by molar-refractivity contribution is 5.99. The number of aromatic amines is 1. The molecule has 23 heavy (non-hydrogen) atoms. The minimum Gasteiger partial charge on any atom is -0.356 e. The molecule has 1 aromatic carbocycles. The fraction of sp³-hybridized carbons (Fsp3) is 0.0625. The Morgan fingerprint density at radius 1 is 1.09 bits per heavy atom. The van der Waals surface area contributed by atoms with Gasteiger partial charge < -0.3 is 9.82 Å². The second-order valence-corrected chi connectivity index (χ2v) is 4.95. The summed E-state index contributed by atoms with van der Waals surface area (Å²) in [4.78, 5) is 16.8. The molecule has 0 fully saturated rings. The van der Waals surface area contributed by atoms with Crippen LogP contribution in [0.15, 0.2) is 41.9 Å². The Labute approximate surface area is 129 Å². The zero-order valence-corrected chi connectivity index (χ0v) is 11.8. The molecule has 2 aromatic heterocycles. The molecule has 0 spiro atoms. The lowest BCUT2D eigenvalue weighted by molar-refractivity contribution is 0.297. The van der Waals surface area contributed by atoms with E-state index in [0.717, 1.165) is 6.07 Å². The standard InChI is InChI=1S/C16H10F2N4O/c17-12-3-1-2-9(13(12)18)10-4-5-22-23-15(10)11-8-21-16-14(11)19-6-7-20-16/h1-3,5-8H,4H2,(H,20,21). The van der Waals surface area contributed by atoms with Gasteiger partial charge in [-0.1, -0.05) is 17.3 Å². The van der Waals surface area contributed by atoms with Gasteiger partial charge in [0.2, 0.25) is 0 Å². The lowest BCUT2D eigenvalue weighted by atomic mass is 9.98. The number of aromatic nitrogens is 3. The topological polar surface area (TPSA) is 63.2 Å². The Hall–Kier alpha value is -3.09. The summed E-state index contributed by atoms with van der Waals surface area (Å²) in [6.45, 7) is 0. The van der Waals surface area contributed by atoms with Crippen molar-refractivity contribution < 1.29 is 13.6 Å². The smallest absolute Gasteiger partial charge is 0.173 e. The van der Waals surface area contributed by atoms with E-state index in [1.807, 2.05) is 0 Å². The molecule has 1 aliphatic rings. The fourth-order valence-corrected chi connectivity index (χ4v) is 2.57. The normalized spacial score (nSPS) is 14.3. The second-order valence-electron chi connectivity index (χ2n) is 4.95. The van der Waals surface area contributed by atoms with Crippen LogP contribution in [-0.4, -0.2) is 21.2 Å². The van der Waals surface area contributed by atoms with Gasteiger partial charge in [-0.05, 0) is 6.07 Å². The Morgan fingerprint density at radius 3 is 2.87 bits per heavy atom. The summed E-state index contributed by atoms with van der Waals surface area (Å²) in [7, 11) is 0. The van der Waals surface area contributed by atoms with Gasteiger partial charge in [-0.15, -0.1) is 0 Å². The van der Waals surface area contributed by atoms with E-state index in [9.17, 15) is 8.78 Å². The molecule has 0 saturated carbocycles. The van der Waals surface area contributed by atoms with E-state index in [-0.39, 0.29) is 5.56 Å². The number of benzene rings is 1. The van der Waals surface area contributed by atoms with E-state index in [2.05, 4.69) is 20.1 Å². The van der Waals surface area contributed by atoms with Crippen molar-refractivity contribution in [1.82, 2.24) is 15.0 Å². The second kappa shape index (κ2) is 5.28. The van der Waals surface area contributed by atoms with Gasteiger partial charge >= 0.3 is 0 Å². The first kappa shape index (κ1) is 13.6. The molecule has 0 saturated heterocycles. The molecule has 1 N–H and O–H groups in total. The number of nitrogens with zero attached hydrogens (tertiary/aromatic N) is 3. The number of oxime groups is 1. The number of allylic oxidation sites excluding steroid dienone is 1. The fourth-order valence-electron chi connectivity index (χ4n) is 2.57. The summed E-state index contributed by atoms with van der Waals surface area (Å²) in [6.07, 6.45) is 6.60. The summed E-state index contributed by atoms with van der Waals surface area (Å²) in [5.74, 6) is -1.48. The molecule has 3 heterocycles. The van der Waals surface area contributed by atoms with E-state index in [1.165, 1.54) is 18.3 Å². The van der Waals surface area contributed by atoms with E-state index in [0.29, 0.717) is 34.5 Å². The molecule has 0 bridgehead atoms. The highest BCUT2D eigenvalue weighted by Crippen LogP contribution is 2.35. The molecule has 3 aromatic rings. The third-order valence-corrected chi connectivity index (χ3v) is 3.62. The largest absolute Gasteiger partial charge is 0.356 e. The van der Waals surface area contributed by atoms with Crippen LogP contribution < -0.4 is 0 Å². The number of fused-ring (bicyclic) bond motifs is 1.